The van der Waals surface area contributed by atoms with E-state index < -0.39 is 5.82 Å². The molecule has 0 radical (unpaired) electrons. The largest absolute Gasteiger partial charge is 0.496 e. The van der Waals surface area contributed by atoms with Gasteiger partial charge in [-0.2, -0.15) is 0 Å². The Labute approximate surface area is 130 Å². The topological polar surface area (TPSA) is 42.0 Å². The number of methoxy groups -OCH3 is 2. The number of benzene rings is 1. The number of hydrogen-bond acceptors (Lipinski definition) is 4. The second kappa shape index (κ2) is 7.07. The highest BCUT2D eigenvalue weighted by Crippen LogP contribution is 2.24. The second-order valence-corrected chi connectivity index (χ2v) is 5.69. The first-order valence-corrected chi connectivity index (χ1v) is 7.29. The first-order chi connectivity index (χ1) is 10.5. The molecule has 6 heteroatoms. The molecule has 1 aromatic rings. The third-order valence-corrected chi connectivity index (χ3v) is 4.22. The van der Waals surface area contributed by atoms with Crippen LogP contribution in [0.1, 0.15) is 16.8 Å². The Kier molecular flexibility index (Phi) is 5.37. The molecule has 1 aliphatic rings. The van der Waals surface area contributed by atoms with Crippen molar-refractivity contribution in [2.75, 3.05) is 41.4 Å². The van der Waals surface area contributed by atoms with Gasteiger partial charge in [-0.1, -0.05) is 6.07 Å². The molecule has 0 spiro atoms. The third-order valence-electron chi connectivity index (χ3n) is 4.22. The zero-order valence-electron chi connectivity index (χ0n) is 13.5. The average molecular weight is 310 g/mol. The Morgan fingerprint density at radius 1 is 1.45 bits per heavy atom. The molecule has 1 aliphatic heterocycles. The van der Waals surface area contributed by atoms with Gasteiger partial charge in [0, 0.05) is 33.3 Å². The molecule has 2 rings (SSSR count). The van der Waals surface area contributed by atoms with Crippen LogP contribution >= 0.6 is 0 Å². The van der Waals surface area contributed by atoms with Gasteiger partial charge in [-0.15, -0.1) is 0 Å². The number of ether oxygens (including phenoxy) is 2. The van der Waals surface area contributed by atoms with Crippen molar-refractivity contribution in [3.63, 3.8) is 0 Å². The summed E-state index contributed by atoms with van der Waals surface area (Å²) in [4.78, 5) is 16.3. The van der Waals surface area contributed by atoms with Crippen molar-refractivity contribution in [1.82, 2.24) is 9.80 Å². The van der Waals surface area contributed by atoms with E-state index in [2.05, 4.69) is 4.90 Å². The van der Waals surface area contributed by atoms with Crippen LogP contribution in [-0.2, 0) is 4.74 Å². The fourth-order valence-corrected chi connectivity index (χ4v) is 2.88. The van der Waals surface area contributed by atoms with Crippen molar-refractivity contribution in [2.45, 2.75) is 18.6 Å². The van der Waals surface area contributed by atoms with Gasteiger partial charge in [-0.05, 0) is 25.6 Å². The van der Waals surface area contributed by atoms with E-state index in [4.69, 9.17) is 9.47 Å². The van der Waals surface area contributed by atoms with Gasteiger partial charge in [0.15, 0.2) is 0 Å². The van der Waals surface area contributed by atoms with Crippen molar-refractivity contribution in [2.24, 2.45) is 0 Å². The van der Waals surface area contributed by atoms with Gasteiger partial charge < -0.3 is 14.4 Å². The van der Waals surface area contributed by atoms with E-state index in [-0.39, 0.29) is 29.4 Å². The van der Waals surface area contributed by atoms with Crippen LogP contribution in [0.3, 0.4) is 0 Å². The van der Waals surface area contributed by atoms with Crippen LogP contribution < -0.4 is 4.74 Å². The highest BCUT2D eigenvalue weighted by molar-refractivity contribution is 5.97. The van der Waals surface area contributed by atoms with E-state index in [0.29, 0.717) is 6.54 Å². The number of carbonyl (C=O) groups is 1. The van der Waals surface area contributed by atoms with Crippen molar-refractivity contribution < 1.29 is 18.7 Å². The molecular weight excluding hydrogens is 287 g/mol. The van der Waals surface area contributed by atoms with Gasteiger partial charge in [-0.3, -0.25) is 9.69 Å². The van der Waals surface area contributed by atoms with Gasteiger partial charge >= 0.3 is 0 Å². The number of halogens is 1. The number of likely N-dealkylation sites (N-methyl/N-ethyl adjacent to an activating group) is 2. The minimum atomic E-state index is -0.564. The summed E-state index contributed by atoms with van der Waals surface area (Å²) in [5.74, 6) is -0.679. The standard InChI is InChI=1S/C16H23FN2O3/c1-18-10-12(21-3)8-11(18)9-19(2)16(20)15-13(17)6-5-7-14(15)22-4/h5-7,11-12H,8-10H2,1-4H3/t11-,12-/m0/s1. The van der Waals surface area contributed by atoms with E-state index in [1.807, 2.05) is 7.05 Å². The first kappa shape index (κ1) is 16.7. The lowest BCUT2D eigenvalue weighted by molar-refractivity contribution is 0.0752. The van der Waals surface area contributed by atoms with E-state index in [9.17, 15) is 9.18 Å². The van der Waals surface area contributed by atoms with Crippen molar-refractivity contribution >= 4 is 5.91 Å². The molecule has 1 heterocycles. The maximum atomic E-state index is 14.0. The molecule has 1 fully saturated rings. The molecule has 1 saturated heterocycles. The van der Waals surface area contributed by atoms with Gasteiger partial charge in [0.2, 0.25) is 0 Å². The number of hydrogen-bond donors (Lipinski definition) is 0. The maximum absolute atomic E-state index is 14.0. The van der Waals surface area contributed by atoms with Crippen LogP contribution in [0.25, 0.3) is 0 Å². The average Bonchev–Trinajstić information content (AvgIpc) is 2.86. The molecule has 0 aromatic heterocycles. The molecule has 1 aromatic carbocycles. The van der Waals surface area contributed by atoms with Crippen LogP contribution in [0.4, 0.5) is 4.39 Å². The van der Waals surface area contributed by atoms with Crippen molar-refractivity contribution in [1.29, 1.82) is 0 Å². The fraction of sp³-hybridized carbons (Fsp3) is 0.562. The Hall–Kier alpha value is -1.66. The molecule has 2 atom stereocenters. The molecular formula is C16H23FN2O3. The molecule has 1 amide bonds. The molecule has 122 valence electrons. The summed E-state index contributed by atoms with van der Waals surface area (Å²) in [6, 6.07) is 4.59. The van der Waals surface area contributed by atoms with Crippen LogP contribution in [0.5, 0.6) is 5.75 Å². The number of rotatable bonds is 5. The Morgan fingerprint density at radius 3 is 2.77 bits per heavy atom. The minimum absolute atomic E-state index is 0.0172. The van der Waals surface area contributed by atoms with Gasteiger partial charge in [0.25, 0.3) is 5.91 Å². The van der Waals surface area contributed by atoms with Crippen LogP contribution in [0, 0.1) is 5.82 Å². The van der Waals surface area contributed by atoms with E-state index in [1.54, 1.807) is 25.1 Å². The van der Waals surface area contributed by atoms with Crippen molar-refractivity contribution in [3.05, 3.63) is 29.6 Å². The van der Waals surface area contributed by atoms with Crippen molar-refractivity contribution in [3.8, 4) is 5.75 Å². The maximum Gasteiger partial charge on any atom is 0.260 e. The smallest absolute Gasteiger partial charge is 0.260 e. The summed E-state index contributed by atoms with van der Waals surface area (Å²) in [7, 11) is 6.81. The quantitative estimate of drug-likeness (QED) is 0.829. The molecule has 0 aliphatic carbocycles. The fourth-order valence-electron chi connectivity index (χ4n) is 2.88. The molecule has 0 unspecified atom stereocenters. The number of amides is 1. The van der Waals surface area contributed by atoms with Crippen LogP contribution in [0.15, 0.2) is 18.2 Å². The predicted octanol–water partition coefficient (Wildman–Crippen LogP) is 1.63. The third kappa shape index (κ3) is 3.39. The lowest BCUT2D eigenvalue weighted by Gasteiger charge is -2.26. The predicted molar refractivity (Wildman–Crippen MR) is 81.7 cm³/mol. The normalized spacial score (nSPS) is 21.9. The number of carbonyl (C=O) groups excluding carboxylic acids is 1. The van der Waals surface area contributed by atoms with Gasteiger partial charge in [0.05, 0.1) is 13.2 Å². The lowest BCUT2D eigenvalue weighted by atomic mass is 10.1. The highest BCUT2D eigenvalue weighted by atomic mass is 19.1. The van der Waals surface area contributed by atoms with Gasteiger partial charge in [-0.25, -0.2) is 4.39 Å². The number of nitrogens with zero attached hydrogens (tertiary/aromatic N) is 2. The Bertz CT molecular complexity index is 538. The summed E-state index contributed by atoms with van der Waals surface area (Å²) in [5.41, 5.74) is -0.0172. The Balaban J connectivity index is 2.10. The van der Waals surface area contributed by atoms with E-state index in [1.165, 1.54) is 19.2 Å². The summed E-state index contributed by atoms with van der Waals surface area (Å²) in [6.07, 6.45) is 1.04. The second-order valence-electron chi connectivity index (χ2n) is 5.69. The summed E-state index contributed by atoms with van der Waals surface area (Å²) >= 11 is 0. The van der Waals surface area contributed by atoms with E-state index in [0.717, 1.165) is 13.0 Å². The molecule has 22 heavy (non-hydrogen) atoms. The summed E-state index contributed by atoms with van der Waals surface area (Å²) in [6.45, 7) is 1.36. The molecule has 0 saturated carbocycles. The van der Waals surface area contributed by atoms with Crippen LogP contribution in [0.2, 0.25) is 0 Å². The molecule has 0 N–H and O–H groups in total. The van der Waals surface area contributed by atoms with E-state index >= 15 is 0 Å². The zero-order valence-corrected chi connectivity index (χ0v) is 13.5. The molecule has 5 nitrogen and oxygen atoms in total. The zero-order chi connectivity index (χ0) is 16.3. The Morgan fingerprint density at radius 2 is 2.18 bits per heavy atom. The molecule has 0 bridgehead atoms. The highest BCUT2D eigenvalue weighted by Gasteiger charge is 2.32. The first-order valence-electron chi connectivity index (χ1n) is 7.29. The minimum Gasteiger partial charge on any atom is -0.496 e. The van der Waals surface area contributed by atoms with Crippen LogP contribution in [-0.4, -0.2) is 69.3 Å². The van der Waals surface area contributed by atoms with Gasteiger partial charge in [0.1, 0.15) is 17.1 Å². The number of likely N-dealkylation sites (tertiary alicyclic amines) is 1. The SMILES string of the molecule is COc1cccc(F)c1C(=O)N(C)C[C@@H]1C[C@H](OC)CN1C. The summed E-state index contributed by atoms with van der Waals surface area (Å²) < 4.78 is 24.5. The lowest BCUT2D eigenvalue weighted by Crippen LogP contribution is -2.39. The summed E-state index contributed by atoms with van der Waals surface area (Å²) in [5, 5.41) is 0. The monoisotopic (exact) mass is 310 g/mol.